The average Bonchev–Trinajstić information content (AvgIpc) is 3.02. The van der Waals surface area contributed by atoms with Crippen molar-refractivity contribution in [2.45, 2.75) is 44.6 Å². The normalized spacial score (nSPS) is 24.4. The molecule has 1 aromatic carbocycles. The Balaban J connectivity index is 2.01. The summed E-state index contributed by atoms with van der Waals surface area (Å²) in [6.07, 6.45) is 2.86. The number of carbonyl (C=O) groups excluding carboxylic acids is 1. The number of aliphatic hydroxyl groups is 1. The summed E-state index contributed by atoms with van der Waals surface area (Å²) >= 11 is 0. The Morgan fingerprint density at radius 2 is 2.25 bits per heavy atom. The molecule has 1 aliphatic heterocycles. The van der Waals surface area contributed by atoms with E-state index in [-0.39, 0.29) is 11.8 Å². The van der Waals surface area contributed by atoms with Crippen molar-refractivity contribution in [3.8, 4) is 5.75 Å². The zero-order valence-electron chi connectivity index (χ0n) is 12.0. The molecule has 0 radical (unpaired) electrons. The molecule has 3 rings (SSSR count). The highest BCUT2D eigenvalue weighted by Crippen LogP contribution is 2.47. The number of rotatable bonds is 3. The zero-order valence-corrected chi connectivity index (χ0v) is 12.0. The Kier molecular flexibility index (Phi) is 3.01. The van der Waals surface area contributed by atoms with Gasteiger partial charge in [-0.25, -0.2) is 0 Å². The molecular weight excluding hydrogens is 254 g/mol. The Labute approximate surface area is 118 Å². The molecule has 0 fully saturated rings. The lowest BCUT2D eigenvalue weighted by atomic mass is 9.76. The number of amides is 1. The first kappa shape index (κ1) is 13.4. The van der Waals surface area contributed by atoms with Crippen LogP contribution in [0.5, 0.6) is 5.75 Å². The SMILES string of the molecule is CC([C@@H]1CCc2ccc3c(c21)CCO3)[C@](C)(O)C(N)=O. The van der Waals surface area contributed by atoms with Gasteiger partial charge >= 0.3 is 0 Å². The number of carbonyl (C=O) groups is 1. The molecule has 0 spiro atoms. The smallest absolute Gasteiger partial charge is 0.249 e. The van der Waals surface area contributed by atoms with Crippen LogP contribution >= 0.6 is 0 Å². The third-order valence-corrected chi connectivity index (χ3v) is 5.10. The van der Waals surface area contributed by atoms with E-state index in [0.29, 0.717) is 0 Å². The number of aryl methyl sites for hydroxylation is 1. The molecule has 0 aromatic heterocycles. The van der Waals surface area contributed by atoms with Crippen molar-refractivity contribution in [3.05, 3.63) is 28.8 Å². The molecular formula is C16H21NO3. The van der Waals surface area contributed by atoms with Crippen LogP contribution in [0.2, 0.25) is 0 Å². The zero-order chi connectivity index (χ0) is 14.5. The van der Waals surface area contributed by atoms with Crippen LogP contribution in [0.25, 0.3) is 0 Å². The quantitative estimate of drug-likeness (QED) is 0.878. The lowest BCUT2D eigenvalue weighted by Crippen LogP contribution is -2.48. The second kappa shape index (κ2) is 4.48. The summed E-state index contributed by atoms with van der Waals surface area (Å²) < 4.78 is 5.63. The van der Waals surface area contributed by atoms with E-state index in [0.717, 1.165) is 31.6 Å². The highest BCUT2D eigenvalue weighted by molar-refractivity contribution is 5.83. The number of fused-ring (bicyclic) bond motifs is 3. The standard InChI is InChI=1S/C16H21NO3/c1-9(16(2,19)15(17)18)11-5-3-10-4-6-13-12(14(10)11)7-8-20-13/h4,6,9,11,19H,3,5,7-8H2,1-2H3,(H2,17,18)/t9?,11-,16-/m0/s1. The van der Waals surface area contributed by atoms with E-state index in [1.807, 2.05) is 13.0 Å². The predicted molar refractivity (Wildman–Crippen MR) is 75.7 cm³/mol. The van der Waals surface area contributed by atoms with E-state index in [2.05, 4.69) is 6.07 Å². The van der Waals surface area contributed by atoms with Crippen LogP contribution in [-0.4, -0.2) is 23.2 Å². The van der Waals surface area contributed by atoms with E-state index < -0.39 is 11.5 Å². The fourth-order valence-electron chi connectivity index (χ4n) is 3.60. The van der Waals surface area contributed by atoms with Gasteiger partial charge in [0.05, 0.1) is 6.61 Å². The topological polar surface area (TPSA) is 72.6 Å². The molecule has 1 aliphatic carbocycles. The van der Waals surface area contributed by atoms with Gasteiger partial charge in [-0.2, -0.15) is 0 Å². The van der Waals surface area contributed by atoms with E-state index in [9.17, 15) is 9.90 Å². The molecule has 3 N–H and O–H groups in total. The molecule has 20 heavy (non-hydrogen) atoms. The third kappa shape index (κ3) is 1.82. The van der Waals surface area contributed by atoms with Crippen molar-refractivity contribution in [1.82, 2.24) is 0 Å². The first-order valence-corrected chi connectivity index (χ1v) is 7.22. The molecule has 0 saturated carbocycles. The maximum atomic E-state index is 11.5. The van der Waals surface area contributed by atoms with Crippen LogP contribution in [0.4, 0.5) is 0 Å². The monoisotopic (exact) mass is 275 g/mol. The third-order valence-electron chi connectivity index (χ3n) is 5.10. The summed E-state index contributed by atoms with van der Waals surface area (Å²) in [5, 5.41) is 10.4. The molecule has 0 saturated heterocycles. The van der Waals surface area contributed by atoms with Crippen LogP contribution in [0.15, 0.2) is 12.1 Å². The van der Waals surface area contributed by atoms with Gasteiger partial charge < -0.3 is 15.6 Å². The molecule has 1 unspecified atom stereocenters. The Morgan fingerprint density at radius 1 is 1.50 bits per heavy atom. The van der Waals surface area contributed by atoms with Crippen LogP contribution in [0.3, 0.4) is 0 Å². The van der Waals surface area contributed by atoms with Crippen molar-refractivity contribution >= 4 is 5.91 Å². The fraction of sp³-hybridized carbons (Fsp3) is 0.562. The molecule has 2 aliphatic rings. The lowest BCUT2D eigenvalue weighted by Gasteiger charge is -2.32. The summed E-state index contributed by atoms with van der Waals surface area (Å²) in [6.45, 7) is 4.16. The molecule has 4 nitrogen and oxygen atoms in total. The molecule has 4 heteroatoms. The van der Waals surface area contributed by atoms with Gasteiger partial charge in [0, 0.05) is 17.9 Å². The fourth-order valence-corrected chi connectivity index (χ4v) is 3.60. The number of nitrogens with two attached hydrogens (primary N) is 1. The van der Waals surface area contributed by atoms with Gasteiger partial charge in [-0.15, -0.1) is 0 Å². The number of primary amides is 1. The van der Waals surface area contributed by atoms with E-state index in [1.165, 1.54) is 23.6 Å². The van der Waals surface area contributed by atoms with Crippen molar-refractivity contribution in [3.63, 3.8) is 0 Å². The Morgan fingerprint density at radius 3 is 2.95 bits per heavy atom. The van der Waals surface area contributed by atoms with Crippen molar-refractivity contribution < 1.29 is 14.6 Å². The van der Waals surface area contributed by atoms with Crippen molar-refractivity contribution in [2.75, 3.05) is 6.61 Å². The minimum absolute atomic E-state index is 0.171. The Bertz CT molecular complexity index is 565. The van der Waals surface area contributed by atoms with E-state index in [1.54, 1.807) is 0 Å². The van der Waals surface area contributed by atoms with Crippen LogP contribution in [0, 0.1) is 5.92 Å². The van der Waals surface area contributed by atoms with Crippen LogP contribution < -0.4 is 10.5 Å². The van der Waals surface area contributed by atoms with Crippen molar-refractivity contribution in [1.29, 1.82) is 0 Å². The highest BCUT2D eigenvalue weighted by Gasteiger charge is 2.43. The number of ether oxygens (including phenoxy) is 1. The first-order valence-electron chi connectivity index (χ1n) is 7.22. The molecule has 3 atom stereocenters. The highest BCUT2D eigenvalue weighted by atomic mass is 16.5. The van der Waals surface area contributed by atoms with Gasteiger partial charge in [0.25, 0.3) is 0 Å². The van der Waals surface area contributed by atoms with Crippen molar-refractivity contribution in [2.24, 2.45) is 11.7 Å². The maximum Gasteiger partial charge on any atom is 0.249 e. The van der Waals surface area contributed by atoms with E-state index >= 15 is 0 Å². The Hall–Kier alpha value is -1.55. The molecule has 1 amide bonds. The number of hydrogen-bond acceptors (Lipinski definition) is 3. The summed E-state index contributed by atoms with van der Waals surface area (Å²) in [7, 11) is 0. The second-order valence-electron chi connectivity index (χ2n) is 6.16. The van der Waals surface area contributed by atoms with Gasteiger partial charge in [0.15, 0.2) is 0 Å². The average molecular weight is 275 g/mol. The predicted octanol–water partition coefficient (Wildman–Crippen LogP) is 1.52. The minimum atomic E-state index is -1.48. The molecule has 108 valence electrons. The van der Waals surface area contributed by atoms with Crippen LogP contribution in [-0.2, 0) is 17.6 Å². The van der Waals surface area contributed by atoms with Gasteiger partial charge in [-0.05, 0) is 42.9 Å². The number of benzene rings is 1. The minimum Gasteiger partial charge on any atom is -0.493 e. The molecule has 1 aromatic rings. The molecule has 0 bridgehead atoms. The van der Waals surface area contributed by atoms with Gasteiger partial charge in [-0.3, -0.25) is 4.79 Å². The lowest BCUT2D eigenvalue weighted by molar-refractivity contribution is -0.140. The first-order chi connectivity index (χ1) is 9.43. The maximum absolute atomic E-state index is 11.5. The summed E-state index contributed by atoms with van der Waals surface area (Å²) in [5.74, 6) is 0.279. The molecule has 1 heterocycles. The van der Waals surface area contributed by atoms with Crippen LogP contribution in [0.1, 0.15) is 42.9 Å². The number of hydrogen-bond donors (Lipinski definition) is 2. The largest absolute Gasteiger partial charge is 0.493 e. The van der Waals surface area contributed by atoms with Gasteiger partial charge in [0.1, 0.15) is 11.4 Å². The summed E-state index contributed by atoms with van der Waals surface area (Å²) in [4.78, 5) is 11.5. The van der Waals surface area contributed by atoms with Gasteiger partial charge in [0.2, 0.25) is 5.91 Å². The van der Waals surface area contributed by atoms with E-state index in [4.69, 9.17) is 10.5 Å². The summed E-state index contributed by atoms with van der Waals surface area (Å²) in [5.41, 5.74) is 7.75. The second-order valence-corrected chi connectivity index (χ2v) is 6.16. The van der Waals surface area contributed by atoms with Gasteiger partial charge in [-0.1, -0.05) is 13.0 Å². The summed E-state index contributed by atoms with van der Waals surface area (Å²) in [6, 6.07) is 4.16.